The van der Waals surface area contributed by atoms with Gasteiger partial charge in [0.25, 0.3) is 0 Å². The molecule has 154 valence electrons. The topological polar surface area (TPSA) is 76.0 Å². The average molecular weight is 381 g/mol. The molecule has 0 spiro atoms. The van der Waals surface area contributed by atoms with E-state index < -0.39 is 29.9 Å². The fourth-order valence-corrected chi connectivity index (χ4v) is 4.44. The molecule has 2 N–H and O–H groups in total. The Bertz CT molecular complexity index is 581. The average Bonchev–Trinajstić information content (AvgIpc) is 2.63. The van der Waals surface area contributed by atoms with E-state index in [0.717, 1.165) is 25.7 Å². The van der Waals surface area contributed by atoms with Gasteiger partial charge >= 0.3 is 5.97 Å². The van der Waals surface area contributed by atoms with Gasteiger partial charge in [-0.05, 0) is 65.2 Å². The minimum atomic E-state index is -0.743. The highest BCUT2D eigenvalue weighted by atomic mass is 16.5. The number of rotatable bonds is 2. The summed E-state index contributed by atoms with van der Waals surface area (Å²) >= 11 is 0. The smallest absolute Gasteiger partial charge is 0.333 e. The van der Waals surface area contributed by atoms with Crippen molar-refractivity contribution >= 4 is 5.97 Å². The summed E-state index contributed by atoms with van der Waals surface area (Å²) in [6, 6.07) is 0. The van der Waals surface area contributed by atoms with Crippen LogP contribution in [-0.4, -0.2) is 47.2 Å². The lowest BCUT2D eigenvalue weighted by Gasteiger charge is -2.49. The highest BCUT2D eigenvalue weighted by molar-refractivity contribution is 5.89. The van der Waals surface area contributed by atoms with Crippen LogP contribution < -0.4 is 0 Å². The third-order valence-electron chi connectivity index (χ3n) is 6.40. The molecular weight excluding hydrogens is 344 g/mol. The Labute approximate surface area is 163 Å². The Morgan fingerprint density at radius 3 is 2.74 bits per heavy atom. The molecule has 0 aromatic heterocycles. The van der Waals surface area contributed by atoms with Gasteiger partial charge in [-0.15, -0.1) is 0 Å². The summed E-state index contributed by atoms with van der Waals surface area (Å²) in [6.07, 6.45) is 6.81. The molecule has 0 aromatic rings. The van der Waals surface area contributed by atoms with Crippen molar-refractivity contribution in [3.63, 3.8) is 0 Å². The summed E-state index contributed by atoms with van der Waals surface area (Å²) in [5.74, 6) is -0.769. The lowest BCUT2D eigenvalue weighted by Crippen LogP contribution is -2.57. The first-order valence-corrected chi connectivity index (χ1v) is 10.2. The van der Waals surface area contributed by atoms with Crippen molar-refractivity contribution in [2.24, 2.45) is 11.8 Å². The Balaban J connectivity index is 2.39. The number of carbonyl (C=O) groups is 1. The van der Waals surface area contributed by atoms with Crippen molar-refractivity contribution in [2.75, 3.05) is 7.11 Å². The van der Waals surface area contributed by atoms with Crippen LogP contribution >= 0.6 is 0 Å². The van der Waals surface area contributed by atoms with Gasteiger partial charge in [-0.2, -0.15) is 0 Å². The Hall–Kier alpha value is -1.17. The molecule has 2 bridgehead atoms. The summed E-state index contributed by atoms with van der Waals surface area (Å²) in [6.45, 7) is 7.87. The summed E-state index contributed by atoms with van der Waals surface area (Å²) in [5.41, 5.74) is 1.08. The van der Waals surface area contributed by atoms with Gasteiger partial charge < -0.3 is 19.7 Å². The van der Waals surface area contributed by atoms with Crippen molar-refractivity contribution < 1.29 is 24.5 Å². The largest absolute Gasteiger partial charge is 0.466 e. The van der Waals surface area contributed by atoms with Crippen molar-refractivity contribution in [2.45, 2.75) is 90.1 Å². The monoisotopic (exact) mass is 380 g/mol. The van der Waals surface area contributed by atoms with Crippen LogP contribution in [-0.2, 0) is 14.3 Å². The number of aliphatic hydroxyl groups is 2. The van der Waals surface area contributed by atoms with Gasteiger partial charge in [0.15, 0.2) is 0 Å². The Morgan fingerprint density at radius 2 is 2.11 bits per heavy atom. The standard InChI is InChI=1S/C22H36O5/c1-6-16(21(25)26-5)17-13-18(23)22(4)12-8-10-14(2)9-7-11-15(3)19(24)20(17)27-22/h6,10,15,17-20,23-24H,7-9,11-13H2,1-5H3/b14-10+,16-6-/t15-,17-,18+,19-,20+,22-/m0/s1. The molecule has 2 aliphatic heterocycles. The molecule has 0 aromatic carbocycles. The van der Waals surface area contributed by atoms with E-state index in [-0.39, 0.29) is 11.8 Å². The van der Waals surface area contributed by atoms with E-state index >= 15 is 0 Å². The Kier molecular flexibility index (Phi) is 7.66. The molecule has 1 saturated heterocycles. The number of aliphatic hydroxyl groups excluding tert-OH is 2. The van der Waals surface area contributed by atoms with Gasteiger partial charge in [0.2, 0.25) is 0 Å². The molecule has 0 amide bonds. The lowest BCUT2D eigenvalue weighted by molar-refractivity contribution is -0.229. The van der Waals surface area contributed by atoms with E-state index in [9.17, 15) is 15.0 Å². The molecular formula is C22H36O5. The van der Waals surface area contributed by atoms with Crippen LogP contribution in [0.25, 0.3) is 0 Å². The van der Waals surface area contributed by atoms with Gasteiger partial charge in [-0.1, -0.05) is 24.6 Å². The van der Waals surface area contributed by atoms with Crippen molar-refractivity contribution in [1.82, 2.24) is 0 Å². The molecule has 0 aliphatic carbocycles. The van der Waals surface area contributed by atoms with Gasteiger partial charge in [0.1, 0.15) is 0 Å². The third kappa shape index (κ3) is 5.01. The number of fused-ring (bicyclic) bond motifs is 2. The van der Waals surface area contributed by atoms with Crippen LogP contribution in [0, 0.1) is 11.8 Å². The number of methoxy groups -OCH3 is 1. The lowest BCUT2D eigenvalue weighted by atomic mass is 9.74. The zero-order valence-electron chi connectivity index (χ0n) is 17.4. The van der Waals surface area contributed by atoms with Crippen LogP contribution in [0.15, 0.2) is 23.3 Å². The Morgan fingerprint density at radius 1 is 1.41 bits per heavy atom. The van der Waals surface area contributed by atoms with Crippen LogP contribution in [0.1, 0.15) is 66.2 Å². The quantitative estimate of drug-likeness (QED) is 0.435. The number of carbonyl (C=O) groups excluding carboxylic acids is 1. The first-order chi connectivity index (χ1) is 12.7. The van der Waals surface area contributed by atoms with E-state index in [1.807, 2.05) is 13.8 Å². The summed E-state index contributed by atoms with van der Waals surface area (Å²) in [5, 5.41) is 22.0. The van der Waals surface area contributed by atoms with E-state index in [1.54, 1.807) is 13.0 Å². The molecule has 27 heavy (non-hydrogen) atoms. The van der Waals surface area contributed by atoms with Gasteiger partial charge in [0, 0.05) is 11.5 Å². The maximum absolute atomic E-state index is 12.3. The van der Waals surface area contributed by atoms with Gasteiger partial charge in [0.05, 0.1) is 31.0 Å². The number of hydrogen-bond acceptors (Lipinski definition) is 5. The zero-order chi connectivity index (χ0) is 20.2. The van der Waals surface area contributed by atoms with Crippen molar-refractivity contribution in [3.05, 3.63) is 23.3 Å². The number of esters is 1. The summed E-state index contributed by atoms with van der Waals surface area (Å²) in [4.78, 5) is 12.3. The van der Waals surface area contributed by atoms with Crippen molar-refractivity contribution in [3.8, 4) is 0 Å². The molecule has 0 saturated carbocycles. The van der Waals surface area contributed by atoms with E-state index in [4.69, 9.17) is 9.47 Å². The first kappa shape index (κ1) is 22.1. The molecule has 2 heterocycles. The maximum atomic E-state index is 12.3. The summed E-state index contributed by atoms with van der Waals surface area (Å²) in [7, 11) is 1.35. The fraction of sp³-hybridized carbons (Fsp3) is 0.773. The van der Waals surface area contributed by atoms with Crippen LogP contribution in [0.4, 0.5) is 0 Å². The number of allylic oxidation sites excluding steroid dienone is 3. The van der Waals surface area contributed by atoms with Crippen LogP contribution in [0.5, 0.6) is 0 Å². The van der Waals surface area contributed by atoms with Crippen molar-refractivity contribution in [1.29, 1.82) is 0 Å². The number of ether oxygens (including phenoxy) is 2. The second-order valence-corrected chi connectivity index (χ2v) is 8.44. The maximum Gasteiger partial charge on any atom is 0.333 e. The highest BCUT2D eigenvalue weighted by Crippen LogP contribution is 2.42. The molecule has 0 unspecified atom stereocenters. The molecule has 6 atom stereocenters. The first-order valence-electron chi connectivity index (χ1n) is 10.2. The molecule has 5 nitrogen and oxygen atoms in total. The predicted molar refractivity (Wildman–Crippen MR) is 105 cm³/mol. The van der Waals surface area contributed by atoms with Gasteiger partial charge in [-0.25, -0.2) is 4.79 Å². The molecule has 1 fully saturated rings. The fourth-order valence-electron chi connectivity index (χ4n) is 4.44. The predicted octanol–water partition coefficient (Wildman–Crippen LogP) is 3.54. The van der Waals surface area contributed by atoms with E-state index in [2.05, 4.69) is 13.0 Å². The second-order valence-electron chi connectivity index (χ2n) is 8.44. The molecule has 0 radical (unpaired) electrons. The molecule has 5 heteroatoms. The number of hydrogen-bond donors (Lipinski definition) is 2. The minimum Gasteiger partial charge on any atom is -0.466 e. The highest BCUT2D eigenvalue weighted by Gasteiger charge is 2.49. The minimum absolute atomic E-state index is 0.0416. The zero-order valence-corrected chi connectivity index (χ0v) is 17.4. The third-order valence-corrected chi connectivity index (χ3v) is 6.40. The molecule has 2 aliphatic rings. The normalized spacial score (nSPS) is 40.9. The van der Waals surface area contributed by atoms with E-state index in [1.165, 1.54) is 12.7 Å². The van der Waals surface area contributed by atoms with Gasteiger partial charge in [-0.3, -0.25) is 0 Å². The SMILES string of the molecule is C/C=C(\C(=O)OC)[C@@H]1C[C@@H](O)[C@]2(C)CC/C=C(\C)CCC[C@H](C)[C@H](O)[C@@H]1O2. The second kappa shape index (κ2) is 9.35. The van der Waals surface area contributed by atoms with E-state index in [0.29, 0.717) is 18.4 Å². The summed E-state index contributed by atoms with van der Waals surface area (Å²) < 4.78 is 11.3. The van der Waals surface area contributed by atoms with Crippen LogP contribution in [0.2, 0.25) is 0 Å². The van der Waals surface area contributed by atoms with Crippen LogP contribution in [0.3, 0.4) is 0 Å². The molecule has 2 rings (SSSR count).